The predicted molar refractivity (Wildman–Crippen MR) is 86.1 cm³/mol. The van der Waals surface area contributed by atoms with Gasteiger partial charge >= 0.3 is 6.09 Å². The lowest BCUT2D eigenvalue weighted by Crippen LogP contribution is -2.42. The molecule has 122 valence electrons. The lowest BCUT2D eigenvalue weighted by atomic mass is 9.98. The minimum Gasteiger partial charge on any atom is -0.449 e. The molecule has 6 nitrogen and oxygen atoms in total. The quantitative estimate of drug-likeness (QED) is 0.905. The smallest absolute Gasteiger partial charge is 0.407 e. The Morgan fingerprint density at radius 3 is 2.33 bits per heavy atom. The zero-order chi connectivity index (χ0) is 16.5. The molecule has 1 fully saturated rings. The lowest BCUT2D eigenvalue weighted by molar-refractivity contribution is -0.125. The molecule has 2 aliphatic rings. The highest BCUT2D eigenvalue weighted by atomic mass is 16.7. The summed E-state index contributed by atoms with van der Waals surface area (Å²) >= 11 is 0. The van der Waals surface area contributed by atoms with Crippen LogP contribution in [0.3, 0.4) is 0 Å². The van der Waals surface area contributed by atoms with Gasteiger partial charge in [0.25, 0.3) is 5.91 Å². The van der Waals surface area contributed by atoms with Gasteiger partial charge in [0.2, 0.25) is 0 Å². The lowest BCUT2D eigenvalue weighted by Gasteiger charge is -2.15. The molecule has 0 unspecified atom stereocenters. The van der Waals surface area contributed by atoms with Crippen molar-refractivity contribution in [3.63, 3.8) is 0 Å². The Bertz CT molecular complexity index is 760. The van der Waals surface area contributed by atoms with Crippen LogP contribution in [0.5, 0.6) is 0 Å². The zero-order valence-corrected chi connectivity index (χ0v) is 12.8. The number of ether oxygens (including phenoxy) is 1. The van der Waals surface area contributed by atoms with Crippen molar-refractivity contribution >= 4 is 12.0 Å². The maximum Gasteiger partial charge on any atom is 0.407 e. The highest BCUT2D eigenvalue weighted by molar-refractivity contribution is 5.86. The van der Waals surface area contributed by atoms with Crippen molar-refractivity contribution in [3.8, 4) is 11.1 Å². The number of hydroxylamine groups is 1. The van der Waals surface area contributed by atoms with Crippen LogP contribution in [0.4, 0.5) is 4.79 Å². The van der Waals surface area contributed by atoms with Gasteiger partial charge in [0, 0.05) is 5.92 Å². The van der Waals surface area contributed by atoms with E-state index in [0.717, 1.165) is 11.1 Å². The average Bonchev–Trinajstić information content (AvgIpc) is 3.15. The Kier molecular flexibility index (Phi) is 3.66. The van der Waals surface area contributed by atoms with Crippen LogP contribution in [0.15, 0.2) is 48.5 Å². The highest BCUT2D eigenvalue weighted by Crippen LogP contribution is 2.44. The number of rotatable bonds is 3. The first-order valence-electron chi connectivity index (χ1n) is 7.77. The van der Waals surface area contributed by atoms with E-state index in [1.807, 2.05) is 24.3 Å². The number of hydrogen-bond acceptors (Lipinski definition) is 4. The van der Waals surface area contributed by atoms with Crippen molar-refractivity contribution < 1.29 is 19.2 Å². The van der Waals surface area contributed by atoms with Gasteiger partial charge in [0.1, 0.15) is 19.3 Å². The fourth-order valence-electron chi connectivity index (χ4n) is 3.23. The SMILES string of the molecule is O=C(N[C@H]1CONC1=O)OCC1c2ccccc2-c2ccccc21. The fourth-order valence-corrected chi connectivity index (χ4v) is 3.23. The van der Waals surface area contributed by atoms with E-state index < -0.39 is 12.1 Å². The monoisotopic (exact) mass is 324 g/mol. The Morgan fingerprint density at radius 1 is 1.12 bits per heavy atom. The third-order valence-corrected chi connectivity index (χ3v) is 4.38. The summed E-state index contributed by atoms with van der Waals surface area (Å²) in [6, 6.07) is 15.5. The van der Waals surface area contributed by atoms with Gasteiger partial charge in [0.15, 0.2) is 0 Å². The highest BCUT2D eigenvalue weighted by Gasteiger charge is 2.31. The molecule has 0 bridgehead atoms. The first-order chi connectivity index (χ1) is 11.7. The Balaban J connectivity index is 1.48. The third kappa shape index (κ3) is 2.51. The van der Waals surface area contributed by atoms with Crippen LogP contribution < -0.4 is 10.8 Å². The van der Waals surface area contributed by atoms with E-state index in [9.17, 15) is 9.59 Å². The molecule has 2 aromatic carbocycles. The number of carbonyl (C=O) groups is 2. The number of nitrogens with one attached hydrogen (secondary N) is 2. The van der Waals surface area contributed by atoms with Crippen LogP contribution in [0.25, 0.3) is 11.1 Å². The molecule has 6 heteroatoms. The van der Waals surface area contributed by atoms with E-state index >= 15 is 0 Å². The van der Waals surface area contributed by atoms with Crippen molar-refractivity contribution in [1.82, 2.24) is 10.8 Å². The molecular formula is C18H16N2O4. The number of hydrogen-bond donors (Lipinski definition) is 2. The number of benzene rings is 2. The molecule has 1 atom stereocenters. The molecule has 2 amide bonds. The van der Waals surface area contributed by atoms with Crippen molar-refractivity contribution in [2.45, 2.75) is 12.0 Å². The topological polar surface area (TPSA) is 76.7 Å². The van der Waals surface area contributed by atoms with Crippen molar-refractivity contribution in [2.24, 2.45) is 0 Å². The van der Waals surface area contributed by atoms with E-state index in [2.05, 4.69) is 35.1 Å². The van der Waals surface area contributed by atoms with Crippen molar-refractivity contribution in [3.05, 3.63) is 59.7 Å². The van der Waals surface area contributed by atoms with Gasteiger partial charge < -0.3 is 10.1 Å². The number of amides is 2. The van der Waals surface area contributed by atoms with Crippen molar-refractivity contribution in [1.29, 1.82) is 0 Å². The van der Waals surface area contributed by atoms with Crippen LogP contribution in [0.1, 0.15) is 17.0 Å². The van der Waals surface area contributed by atoms with E-state index in [-0.39, 0.29) is 25.0 Å². The summed E-state index contributed by atoms with van der Waals surface area (Å²) in [5.41, 5.74) is 6.83. The standard InChI is InChI=1S/C18H16N2O4/c21-17-16(10-24-20-17)19-18(22)23-9-15-13-7-3-1-5-11(13)12-6-2-4-8-14(12)15/h1-8,15-16H,9-10H2,(H,19,22)(H,20,21)/t16-/m0/s1. The van der Waals surface area contributed by atoms with Crippen LogP contribution >= 0.6 is 0 Å². The molecule has 0 aromatic heterocycles. The predicted octanol–water partition coefficient (Wildman–Crippen LogP) is 1.96. The second-order valence-electron chi connectivity index (χ2n) is 5.80. The molecule has 24 heavy (non-hydrogen) atoms. The molecule has 0 spiro atoms. The molecular weight excluding hydrogens is 308 g/mol. The minimum absolute atomic E-state index is 0.00296. The van der Waals surface area contributed by atoms with E-state index in [4.69, 9.17) is 9.57 Å². The second-order valence-corrected chi connectivity index (χ2v) is 5.80. The van der Waals surface area contributed by atoms with Gasteiger partial charge in [0.05, 0.1) is 0 Å². The van der Waals surface area contributed by atoms with Gasteiger partial charge in [-0.1, -0.05) is 48.5 Å². The number of carbonyl (C=O) groups excluding carboxylic acids is 2. The zero-order valence-electron chi connectivity index (χ0n) is 12.8. The number of alkyl carbamates (subject to hydrolysis) is 1. The van der Waals surface area contributed by atoms with Gasteiger partial charge in [-0.2, -0.15) is 0 Å². The Hall–Kier alpha value is -2.86. The normalized spacial score (nSPS) is 18.7. The molecule has 1 saturated heterocycles. The molecule has 2 aromatic rings. The summed E-state index contributed by atoms with van der Waals surface area (Å²) in [4.78, 5) is 28.1. The summed E-state index contributed by atoms with van der Waals surface area (Å²) < 4.78 is 5.36. The molecule has 2 N–H and O–H groups in total. The van der Waals surface area contributed by atoms with Crippen LogP contribution in [-0.2, 0) is 14.4 Å². The first kappa shape index (κ1) is 14.7. The van der Waals surface area contributed by atoms with E-state index in [0.29, 0.717) is 0 Å². The summed E-state index contributed by atoms with van der Waals surface area (Å²) in [5, 5.41) is 2.50. The van der Waals surface area contributed by atoms with Crippen LogP contribution in [0.2, 0.25) is 0 Å². The number of fused-ring (bicyclic) bond motifs is 3. The maximum atomic E-state index is 12.0. The molecule has 0 saturated carbocycles. The van der Waals surface area contributed by atoms with E-state index in [1.54, 1.807) is 0 Å². The summed E-state index contributed by atoms with van der Waals surface area (Å²) in [6.45, 7) is 0.318. The fraction of sp³-hybridized carbons (Fsp3) is 0.222. The average molecular weight is 324 g/mol. The molecule has 1 aliphatic carbocycles. The summed E-state index contributed by atoms with van der Waals surface area (Å²) in [6.07, 6.45) is -0.623. The largest absolute Gasteiger partial charge is 0.449 e. The van der Waals surface area contributed by atoms with Gasteiger partial charge in [-0.15, -0.1) is 0 Å². The summed E-state index contributed by atoms with van der Waals surface area (Å²) in [7, 11) is 0. The van der Waals surface area contributed by atoms with Crippen LogP contribution in [-0.4, -0.2) is 31.3 Å². The second kappa shape index (κ2) is 5.98. The molecule has 0 radical (unpaired) electrons. The van der Waals surface area contributed by atoms with Crippen molar-refractivity contribution in [2.75, 3.05) is 13.2 Å². The van der Waals surface area contributed by atoms with Gasteiger partial charge in [-0.05, 0) is 22.3 Å². The minimum atomic E-state index is -0.708. The Labute approximate surface area is 138 Å². The molecule has 1 heterocycles. The summed E-state index contributed by atoms with van der Waals surface area (Å²) in [5.74, 6) is -0.375. The van der Waals surface area contributed by atoms with E-state index in [1.165, 1.54) is 11.1 Å². The molecule has 1 aliphatic heterocycles. The third-order valence-electron chi connectivity index (χ3n) is 4.38. The maximum absolute atomic E-state index is 12.0. The Morgan fingerprint density at radius 2 is 1.75 bits per heavy atom. The van der Waals surface area contributed by atoms with Gasteiger partial charge in [-0.3, -0.25) is 9.63 Å². The van der Waals surface area contributed by atoms with Crippen LogP contribution in [0, 0.1) is 0 Å². The first-order valence-corrected chi connectivity index (χ1v) is 7.77. The molecule has 4 rings (SSSR count). The van der Waals surface area contributed by atoms with Gasteiger partial charge in [-0.25, -0.2) is 10.3 Å².